The predicted molar refractivity (Wildman–Crippen MR) is 61.9 cm³/mol. The van der Waals surface area contributed by atoms with E-state index in [-0.39, 0.29) is 11.4 Å². The Bertz CT molecular complexity index is 617. The van der Waals surface area contributed by atoms with Gasteiger partial charge in [-0.3, -0.25) is 4.79 Å². The van der Waals surface area contributed by atoms with Crippen LogP contribution in [0, 0.1) is 0 Å². The summed E-state index contributed by atoms with van der Waals surface area (Å²) in [7, 11) is 1.42. The molecule has 0 saturated heterocycles. The highest BCUT2D eigenvalue weighted by atomic mass is 16.4. The Kier molecular flexibility index (Phi) is 2.74. The fourth-order valence-electron chi connectivity index (χ4n) is 1.53. The Hall–Kier alpha value is -2.43. The van der Waals surface area contributed by atoms with Crippen molar-refractivity contribution in [1.29, 1.82) is 0 Å². The fourth-order valence-corrected chi connectivity index (χ4v) is 1.53. The number of hydrogen-bond acceptors (Lipinski definition) is 3. The van der Waals surface area contributed by atoms with Crippen LogP contribution in [0.4, 0.5) is 0 Å². The first-order valence-corrected chi connectivity index (χ1v) is 4.96. The number of aromatic carboxylic acids is 1. The standard InChI is InChI=1S/C12H10N2O3/c1-14-9(12(16)17)7-13-10(11(14)15)8-5-3-2-4-6-8/h2-7H,1H3,(H,16,17). The molecule has 0 amide bonds. The summed E-state index contributed by atoms with van der Waals surface area (Å²) in [6, 6.07) is 8.93. The van der Waals surface area contributed by atoms with Crippen molar-refractivity contribution < 1.29 is 9.90 Å². The molecule has 0 radical (unpaired) electrons. The number of carboxylic acids is 1. The number of rotatable bonds is 2. The van der Waals surface area contributed by atoms with Gasteiger partial charge in [-0.2, -0.15) is 0 Å². The lowest BCUT2D eigenvalue weighted by Gasteiger charge is -2.05. The second-order valence-corrected chi connectivity index (χ2v) is 3.53. The number of hydrogen-bond donors (Lipinski definition) is 1. The highest BCUT2D eigenvalue weighted by Crippen LogP contribution is 2.11. The SMILES string of the molecule is Cn1c(C(=O)O)cnc(-c2ccccc2)c1=O. The van der Waals surface area contributed by atoms with Gasteiger partial charge < -0.3 is 9.67 Å². The molecule has 5 heteroatoms. The van der Waals surface area contributed by atoms with Crippen molar-refractivity contribution in [3.63, 3.8) is 0 Å². The summed E-state index contributed by atoms with van der Waals surface area (Å²) in [5, 5.41) is 8.85. The molecule has 5 nitrogen and oxygen atoms in total. The van der Waals surface area contributed by atoms with Crippen LogP contribution in [0.25, 0.3) is 11.3 Å². The third kappa shape index (κ3) is 1.94. The van der Waals surface area contributed by atoms with Gasteiger partial charge in [-0.15, -0.1) is 0 Å². The molecule has 1 aromatic heterocycles. The van der Waals surface area contributed by atoms with Crippen LogP contribution in [0.15, 0.2) is 41.3 Å². The lowest BCUT2D eigenvalue weighted by atomic mass is 10.1. The van der Waals surface area contributed by atoms with Crippen LogP contribution < -0.4 is 5.56 Å². The second kappa shape index (κ2) is 4.21. The molecule has 0 aliphatic carbocycles. The Labute approximate surface area is 97.0 Å². The Morgan fingerprint density at radius 2 is 1.94 bits per heavy atom. The average molecular weight is 230 g/mol. The molecule has 0 saturated carbocycles. The maximum Gasteiger partial charge on any atom is 0.354 e. The van der Waals surface area contributed by atoms with Crippen molar-refractivity contribution in [2.45, 2.75) is 0 Å². The maximum absolute atomic E-state index is 11.9. The third-order valence-corrected chi connectivity index (χ3v) is 2.45. The van der Waals surface area contributed by atoms with Crippen molar-refractivity contribution in [3.05, 3.63) is 52.6 Å². The topological polar surface area (TPSA) is 72.2 Å². The first-order valence-electron chi connectivity index (χ1n) is 4.96. The molecular weight excluding hydrogens is 220 g/mol. The maximum atomic E-state index is 11.9. The lowest BCUT2D eigenvalue weighted by molar-refractivity contribution is 0.0684. The summed E-state index contributed by atoms with van der Waals surface area (Å²) >= 11 is 0. The van der Waals surface area contributed by atoms with Crippen molar-refractivity contribution in [2.75, 3.05) is 0 Å². The van der Waals surface area contributed by atoms with Crippen LogP contribution in [0.5, 0.6) is 0 Å². The third-order valence-electron chi connectivity index (χ3n) is 2.45. The minimum Gasteiger partial charge on any atom is -0.477 e. The lowest BCUT2D eigenvalue weighted by Crippen LogP contribution is -2.25. The Balaban J connectivity index is 2.64. The zero-order valence-electron chi connectivity index (χ0n) is 9.12. The van der Waals surface area contributed by atoms with E-state index in [0.717, 1.165) is 4.57 Å². The predicted octanol–water partition coefficient (Wildman–Crippen LogP) is 1.15. The van der Waals surface area contributed by atoms with E-state index in [0.29, 0.717) is 5.56 Å². The quantitative estimate of drug-likeness (QED) is 0.839. The van der Waals surface area contributed by atoms with Crippen LogP contribution in [-0.2, 0) is 7.05 Å². The molecule has 2 aromatic rings. The van der Waals surface area contributed by atoms with Crippen molar-refractivity contribution >= 4 is 5.97 Å². The van der Waals surface area contributed by atoms with Gasteiger partial charge in [0.25, 0.3) is 5.56 Å². The van der Waals surface area contributed by atoms with E-state index in [2.05, 4.69) is 4.98 Å². The largest absolute Gasteiger partial charge is 0.477 e. The van der Waals surface area contributed by atoms with Gasteiger partial charge in [0.1, 0.15) is 11.4 Å². The fraction of sp³-hybridized carbons (Fsp3) is 0.0833. The molecule has 1 aromatic carbocycles. The zero-order valence-corrected chi connectivity index (χ0v) is 9.12. The van der Waals surface area contributed by atoms with Gasteiger partial charge >= 0.3 is 5.97 Å². The molecule has 1 heterocycles. The smallest absolute Gasteiger partial charge is 0.354 e. The monoisotopic (exact) mass is 230 g/mol. The molecule has 0 spiro atoms. The molecule has 1 N–H and O–H groups in total. The van der Waals surface area contributed by atoms with Crippen LogP contribution >= 0.6 is 0 Å². The van der Waals surface area contributed by atoms with Crippen LogP contribution in [0.3, 0.4) is 0 Å². The summed E-state index contributed by atoms with van der Waals surface area (Å²) < 4.78 is 1.08. The summed E-state index contributed by atoms with van der Waals surface area (Å²) in [5.41, 5.74) is 0.369. The van der Waals surface area contributed by atoms with Gasteiger partial charge in [-0.25, -0.2) is 9.78 Å². The number of carboxylic acid groups (broad SMARTS) is 1. The average Bonchev–Trinajstić information content (AvgIpc) is 2.33. The summed E-state index contributed by atoms with van der Waals surface area (Å²) in [4.78, 5) is 26.7. The van der Waals surface area contributed by atoms with Gasteiger partial charge in [0, 0.05) is 12.6 Å². The second-order valence-electron chi connectivity index (χ2n) is 3.53. The normalized spacial score (nSPS) is 10.2. The minimum absolute atomic E-state index is 0.130. The van der Waals surface area contributed by atoms with Crippen molar-refractivity contribution in [2.24, 2.45) is 7.05 Å². The van der Waals surface area contributed by atoms with E-state index < -0.39 is 11.5 Å². The Morgan fingerprint density at radius 3 is 2.53 bits per heavy atom. The highest BCUT2D eigenvalue weighted by molar-refractivity contribution is 5.85. The van der Waals surface area contributed by atoms with Gasteiger partial charge in [0.2, 0.25) is 0 Å². The molecule has 0 unspecified atom stereocenters. The molecule has 0 aliphatic heterocycles. The zero-order chi connectivity index (χ0) is 12.4. The number of benzene rings is 1. The van der Waals surface area contributed by atoms with E-state index in [1.54, 1.807) is 24.3 Å². The van der Waals surface area contributed by atoms with Gasteiger partial charge in [0.05, 0.1) is 6.20 Å². The van der Waals surface area contributed by atoms with Gasteiger partial charge in [-0.1, -0.05) is 30.3 Å². The molecule has 2 rings (SSSR count). The highest BCUT2D eigenvalue weighted by Gasteiger charge is 2.13. The molecule has 0 aliphatic rings. The minimum atomic E-state index is -1.17. The van der Waals surface area contributed by atoms with E-state index in [9.17, 15) is 9.59 Å². The number of carbonyl (C=O) groups is 1. The van der Waals surface area contributed by atoms with E-state index in [1.165, 1.54) is 13.2 Å². The van der Waals surface area contributed by atoms with E-state index in [1.807, 2.05) is 6.07 Å². The molecule has 0 atom stereocenters. The van der Waals surface area contributed by atoms with E-state index in [4.69, 9.17) is 5.11 Å². The Morgan fingerprint density at radius 1 is 1.29 bits per heavy atom. The molecule has 86 valence electrons. The van der Waals surface area contributed by atoms with Gasteiger partial charge in [-0.05, 0) is 0 Å². The number of nitrogens with zero attached hydrogens (tertiary/aromatic N) is 2. The van der Waals surface area contributed by atoms with E-state index >= 15 is 0 Å². The van der Waals surface area contributed by atoms with Crippen LogP contribution in [0.1, 0.15) is 10.5 Å². The first-order chi connectivity index (χ1) is 8.11. The summed E-state index contributed by atoms with van der Waals surface area (Å²) in [6.45, 7) is 0. The number of aromatic nitrogens is 2. The molecule has 0 fully saturated rings. The molecular formula is C12H10N2O3. The molecule has 17 heavy (non-hydrogen) atoms. The van der Waals surface area contributed by atoms with Crippen LogP contribution in [0.2, 0.25) is 0 Å². The first kappa shape index (κ1) is 11.1. The molecule has 0 bridgehead atoms. The van der Waals surface area contributed by atoms with Crippen molar-refractivity contribution in [1.82, 2.24) is 9.55 Å². The summed E-state index contributed by atoms with van der Waals surface area (Å²) in [6.07, 6.45) is 1.19. The van der Waals surface area contributed by atoms with Crippen LogP contribution in [-0.4, -0.2) is 20.6 Å². The van der Waals surface area contributed by atoms with Crippen molar-refractivity contribution in [3.8, 4) is 11.3 Å². The van der Waals surface area contributed by atoms with Gasteiger partial charge in [0.15, 0.2) is 0 Å². The summed E-state index contributed by atoms with van der Waals surface area (Å²) in [5.74, 6) is -1.17.